The summed E-state index contributed by atoms with van der Waals surface area (Å²) in [7, 11) is 0. The van der Waals surface area contributed by atoms with Crippen molar-refractivity contribution in [3.05, 3.63) is 30.1 Å². The molecular formula is C13H20FNO. The van der Waals surface area contributed by atoms with Gasteiger partial charge in [0.1, 0.15) is 0 Å². The van der Waals surface area contributed by atoms with Crippen LogP contribution in [0.25, 0.3) is 0 Å². The van der Waals surface area contributed by atoms with E-state index < -0.39 is 0 Å². The van der Waals surface area contributed by atoms with E-state index in [0.717, 1.165) is 32.4 Å². The first-order valence-corrected chi connectivity index (χ1v) is 5.92. The molecule has 0 aliphatic carbocycles. The minimum absolute atomic E-state index is 0.282. The monoisotopic (exact) mass is 225 g/mol. The van der Waals surface area contributed by atoms with Crippen LogP contribution in [0.15, 0.2) is 24.3 Å². The third-order valence-corrected chi connectivity index (χ3v) is 2.34. The van der Waals surface area contributed by atoms with Crippen LogP contribution in [0, 0.1) is 5.82 Å². The maximum Gasteiger partial charge on any atom is 0.165 e. The van der Waals surface area contributed by atoms with Crippen molar-refractivity contribution in [2.45, 2.75) is 26.2 Å². The van der Waals surface area contributed by atoms with Gasteiger partial charge in [0.15, 0.2) is 11.6 Å². The van der Waals surface area contributed by atoms with Gasteiger partial charge in [0.2, 0.25) is 0 Å². The quantitative estimate of drug-likeness (QED) is 0.687. The summed E-state index contributed by atoms with van der Waals surface area (Å²) in [6.45, 7) is 4.76. The van der Waals surface area contributed by atoms with Gasteiger partial charge in [-0.05, 0) is 44.5 Å². The first kappa shape index (κ1) is 13.0. The van der Waals surface area contributed by atoms with Crippen LogP contribution in [0.4, 0.5) is 4.39 Å². The van der Waals surface area contributed by atoms with Gasteiger partial charge in [-0.3, -0.25) is 0 Å². The predicted octanol–water partition coefficient (Wildman–Crippen LogP) is 2.98. The Morgan fingerprint density at radius 3 is 2.75 bits per heavy atom. The lowest BCUT2D eigenvalue weighted by Crippen LogP contribution is -2.14. The summed E-state index contributed by atoms with van der Waals surface area (Å²) in [6, 6.07) is 6.52. The van der Waals surface area contributed by atoms with Gasteiger partial charge in [-0.25, -0.2) is 4.39 Å². The molecule has 0 heterocycles. The van der Waals surface area contributed by atoms with Crippen molar-refractivity contribution in [2.75, 3.05) is 19.7 Å². The van der Waals surface area contributed by atoms with E-state index in [-0.39, 0.29) is 5.82 Å². The summed E-state index contributed by atoms with van der Waals surface area (Å²) in [6.07, 6.45) is 3.23. The highest BCUT2D eigenvalue weighted by atomic mass is 19.1. The fraction of sp³-hybridized carbons (Fsp3) is 0.538. The lowest BCUT2D eigenvalue weighted by molar-refractivity contribution is 0.290. The fourth-order valence-corrected chi connectivity index (χ4v) is 1.45. The Morgan fingerprint density at radius 1 is 1.19 bits per heavy atom. The highest BCUT2D eigenvalue weighted by Gasteiger charge is 2.00. The highest BCUT2D eigenvalue weighted by molar-refractivity contribution is 5.23. The van der Waals surface area contributed by atoms with Crippen LogP contribution in [0.5, 0.6) is 5.75 Å². The summed E-state index contributed by atoms with van der Waals surface area (Å²) in [5.41, 5.74) is 0. The van der Waals surface area contributed by atoms with E-state index in [1.165, 1.54) is 6.07 Å². The van der Waals surface area contributed by atoms with E-state index >= 15 is 0 Å². The summed E-state index contributed by atoms with van der Waals surface area (Å²) < 4.78 is 18.5. The van der Waals surface area contributed by atoms with E-state index in [2.05, 4.69) is 12.2 Å². The zero-order valence-corrected chi connectivity index (χ0v) is 9.84. The second kappa shape index (κ2) is 8.11. The molecule has 0 unspecified atom stereocenters. The van der Waals surface area contributed by atoms with Gasteiger partial charge in [-0.1, -0.05) is 19.1 Å². The van der Waals surface area contributed by atoms with Crippen molar-refractivity contribution in [2.24, 2.45) is 0 Å². The van der Waals surface area contributed by atoms with Crippen molar-refractivity contribution >= 4 is 0 Å². The molecule has 2 nitrogen and oxygen atoms in total. The molecule has 0 spiro atoms. The van der Waals surface area contributed by atoms with Crippen LogP contribution in [-0.2, 0) is 0 Å². The Kier molecular flexibility index (Phi) is 6.58. The number of ether oxygens (including phenoxy) is 1. The first-order valence-electron chi connectivity index (χ1n) is 5.92. The van der Waals surface area contributed by atoms with Crippen molar-refractivity contribution in [3.8, 4) is 5.75 Å². The topological polar surface area (TPSA) is 21.3 Å². The lowest BCUT2D eigenvalue weighted by atomic mass is 10.2. The van der Waals surface area contributed by atoms with Crippen LogP contribution < -0.4 is 10.1 Å². The summed E-state index contributed by atoms with van der Waals surface area (Å²) in [5.74, 6) is 0.0735. The van der Waals surface area contributed by atoms with Crippen LogP contribution in [0.3, 0.4) is 0 Å². The van der Waals surface area contributed by atoms with Crippen molar-refractivity contribution in [1.82, 2.24) is 5.32 Å². The molecule has 0 saturated carbocycles. The van der Waals surface area contributed by atoms with Crippen molar-refractivity contribution in [1.29, 1.82) is 0 Å². The Morgan fingerprint density at radius 2 is 2.00 bits per heavy atom. The molecule has 1 rings (SSSR count). The molecule has 0 bridgehead atoms. The Labute approximate surface area is 96.8 Å². The molecule has 0 aromatic heterocycles. The second-order valence-corrected chi connectivity index (χ2v) is 3.69. The lowest BCUT2D eigenvalue weighted by Gasteiger charge is -2.06. The van der Waals surface area contributed by atoms with Gasteiger partial charge in [0, 0.05) is 0 Å². The minimum Gasteiger partial charge on any atom is -0.491 e. The van der Waals surface area contributed by atoms with E-state index in [4.69, 9.17) is 4.74 Å². The number of rotatable bonds is 8. The predicted molar refractivity (Wildman–Crippen MR) is 64.3 cm³/mol. The standard InChI is InChI=1S/C13H20FNO/c1-2-15-10-6-3-7-11-16-13-9-5-4-8-12(13)14/h4-5,8-9,15H,2-3,6-7,10-11H2,1H3. The third kappa shape index (κ3) is 5.12. The van der Waals surface area contributed by atoms with Crippen LogP contribution >= 0.6 is 0 Å². The minimum atomic E-state index is -0.282. The van der Waals surface area contributed by atoms with Crippen LogP contribution in [0.2, 0.25) is 0 Å². The van der Waals surface area contributed by atoms with Gasteiger partial charge in [0.25, 0.3) is 0 Å². The molecule has 0 amide bonds. The van der Waals surface area contributed by atoms with E-state index in [1.807, 2.05) is 0 Å². The van der Waals surface area contributed by atoms with Crippen LogP contribution in [0.1, 0.15) is 26.2 Å². The molecule has 16 heavy (non-hydrogen) atoms. The molecule has 90 valence electrons. The Bertz CT molecular complexity index is 291. The average molecular weight is 225 g/mol. The summed E-state index contributed by atoms with van der Waals surface area (Å²) in [5, 5.41) is 3.27. The number of unbranched alkanes of at least 4 members (excludes halogenated alkanes) is 2. The number of hydrogen-bond donors (Lipinski definition) is 1. The zero-order valence-electron chi connectivity index (χ0n) is 9.84. The number of nitrogens with one attached hydrogen (secondary N) is 1. The molecule has 1 aromatic carbocycles. The maximum atomic E-state index is 13.1. The number of halogens is 1. The van der Waals surface area contributed by atoms with Gasteiger partial charge in [0.05, 0.1) is 6.61 Å². The van der Waals surface area contributed by atoms with Crippen molar-refractivity contribution < 1.29 is 9.13 Å². The smallest absolute Gasteiger partial charge is 0.165 e. The first-order chi connectivity index (χ1) is 7.84. The van der Waals surface area contributed by atoms with Gasteiger partial charge < -0.3 is 10.1 Å². The van der Waals surface area contributed by atoms with Crippen molar-refractivity contribution in [3.63, 3.8) is 0 Å². The van der Waals surface area contributed by atoms with E-state index in [0.29, 0.717) is 12.4 Å². The number of para-hydroxylation sites is 1. The molecule has 1 N–H and O–H groups in total. The fourth-order valence-electron chi connectivity index (χ4n) is 1.45. The molecule has 0 aliphatic heterocycles. The Balaban J connectivity index is 2.05. The highest BCUT2D eigenvalue weighted by Crippen LogP contribution is 2.15. The zero-order chi connectivity index (χ0) is 11.6. The second-order valence-electron chi connectivity index (χ2n) is 3.69. The molecule has 0 aliphatic rings. The number of hydrogen-bond acceptors (Lipinski definition) is 2. The molecule has 0 radical (unpaired) electrons. The molecule has 1 aromatic rings. The largest absolute Gasteiger partial charge is 0.491 e. The summed E-state index contributed by atoms with van der Waals surface area (Å²) in [4.78, 5) is 0. The average Bonchev–Trinajstić information content (AvgIpc) is 2.30. The molecule has 0 saturated heterocycles. The molecular weight excluding hydrogens is 205 g/mol. The number of benzene rings is 1. The summed E-state index contributed by atoms with van der Waals surface area (Å²) >= 11 is 0. The van der Waals surface area contributed by atoms with Gasteiger partial charge in [-0.2, -0.15) is 0 Å². The molecule has 0 atom stereocenters. The van der Waals surface area contributed by atoms with E-state index in [9.17, 15) is 4.39 Å². The van der Waals surface area contributed by atoms with E-state index in [1.54, 1.807) is 18.2 Å². The normalized spacial score (nSPS) is 10.4. The van der Waals surface area contributed by atoms with Crippen LogP contribution in [-0.4, -0.2) is 19.7 Å². The molecule has 0 fully saturated rings. The Hall–Kier alpha value is -1.09. The molecule has 3 heteroatoms. The maximum absolute atomic E-state index is 13.1. The van der Waals surface area contributed by atoms with Gasteiger partial charge in [-0.15, -0.1) is 0 Å². The van der Waals surface area contributed by atoms with Gasteiger partial charge >= 0.3 is 0 Å². The SMILES string of the molecule is CCNCCCCCOc1ccccc1F. The third-order valence-electron chi connectivity index (χ3n) is 2.34.